The van der Waals surface area contributed by atoms with Crippen LogP contribution in [0, 0.1) is 11.3 Å². The standard InChI is InChI=1S/C22H28BN3O3/c1-20(2)21(3,4)29-23(28-20)18-14-25-26(15-18)22(10-11-24)12-19(13-22)27-16-17-8-6-5-7-9-17/h5-9,14-15,19H,10,12-13,16H2,1-4H3. The second-order valence-corrected chi connectivity index (χ2v) is 9.19. The van der Waals surface area contributed by atoms with E-state index in [2.05, 4.69) is 23.3 Å². The van der Waals surface area contributed by atoms with Gasteiger partial charge >= 0.3 is 7.12 Å². The highest BCUT2D eigenvalue weighted by Gasteiger charge is 2.53. The van der Waals surface area contributed by atoms with Gasteiger partial charge in [-0.05, 0) is 33.3 Å². The molecule has 1 aliphatic heterocycles. The zero-order valence-electron chi connectivity index (χ0n) is 17.6. The van der Waals surface area contributed by atoms with Crippen molar-refractivity contribution in [2.24, 2.45) is 0 Å². The molecule has 2 aliphatic rings. The first-order valence-corrected chi connectivity index (χ1v) is 10.2. The van der Waals surface area contributed by atoms with Crippen LogP contribution in [0.2, 0.25) is 0 Å². The van der Waals surface area contributed by atoms with Gasteiger partial charge in [-0.15, -0.1) is 0 Å². The van der Waals surface area contributed by atoms with Crippen LogP contribution in [0.5, 0.6) is 0 Å². The summed E-state index contributed by atoms with van der Waals surface area (Å²) in [4.78, 5) is 0. The van der Waals surface area contributed by atoms with Crippen LogP contribution in [0.15, 0.2) is 42.7 Å². The van der Waals surface area contributed by atoms with E-state index in [1.807, 2.05) is 56.8 Å². The summed E-state index contributed by atoms with van der Waals surface area (Å²) in [6.45, 7) is 8.74. The molecule has 1 saturated heterocycles. The summed E-state index contributed by atoms with van der Waals surface area (Å²) in [6.07, 6.45) is 5.85. The number of nitrogens with zero attached hydrogens (tertiary/aromatic N) is 3. The van der Waals surface area contributed by atoms with Gasteiger partial charge in [-0.2, -0.15) is 10.4 Å². The lowest BCUT2D eigenvalue weighted by molar-refractivity contribution is -0.0838. The minimum Gasteiger partial charge on any atom is -0.399 e. The minimum absolute atomic E-state index is 0.132. The van der Waals surface area contributed by atoms with Crippen molar-refractivity contribution >= 4 is 12.6 Å². The van der Waals surface area contributed by atoms with Crippen molar-refractivity contribution in [1.29, 1.82) is 5.26 Å². The third-order valence-corrected chi connectivity index (χ3v) is 6.57. The Bertz CT molecular complexity index is 882. The lowest BCUT2D eigenvalue weighted by Crippen LogP contribution is -2.50. The molecule has 2 heterocycles. The number of ether oxygens (including phenoxy) is 1. The van der Waals surface area contributed by atoms with Crippen LogP contribution < -0.4 is 5.46 Å². The molecule has 0 bridgehead atoms. The Morgan fingerprint density at radius 2 is 1.83 bits per heavy atom. The summed E-state index contributed by atoms with van der Waals surface area (Å²) < 4.78 is 20.2. The van der Waals surface area contributed by atoms with E-state index in [4.69, 9.17) is 14.0 Å². The number of hydrogen-bond donors (Lipinski definition) is 0. The van der Waals surface area contributed by atoms with Gasteiger partial charge in [0.05, 0.1) is 41.9 Å². The van der Waals surface area contributed by atoms with E-state index in [0.29, 0.717) is 13.0 Å². The molecule has 0 spiro atoms. The number of aromatic nitrogens is 2. The first-order chi connectivity index (χ1) is 13.7. The monoisotopic (exact) mass is 393 g/mol. The molecule has 4 rings (SSSR count). The van der Waals surface area contributed by atoms with E-state index in [1.54, 1.807) is 6.20 Å². The molecule has 2 aromatic rings. The van der Waals surface area contributed by atoms with E-state index in [9.17, 15) is 5.26 Å². The molecular formula is C22H28BN3O3. The smallest absolute Gasteiger partial charge is 0.399 e. The van der Waals surface area contributed by atoms with E-state index in [1.165, 1.54) is 0 Å². The van der Waals surface area contributed by atoms with Crippen LogP contribution in [0.1, 0.15) is 52.5 Å². The lowest BCUT2D eigenvalue weighted by atomic mass is 9.72. The highest BCUT2D eigenvalue weighted by molar-refractivity contribution is 6.62. The van der Waals surface area contributed by atoms with Gasteiger partial charge in [-0.3, -0.25) is 4.68 Å². The molecule has 0 atom stereocenters. The predicted molar refractivity (Wildman–Crippen MR) is 110 cm³/mol. The number of benzene rings is 1. The minimum atomic E-state index is -0.446. The molecule has 7 heteroatoms. The zero-order valence-corrected chi connectivity index (χ0v) is 17.6. The number of rotatable bonds is 6. The molecule has 0 unspecified atom stereocenters. The van der Waals surface area contributed by atoms with Crippen LogP contribution in [0.3, 0.4) is 0 Å². The van der Waals surface area contributed by atoms with Gasteiger partial charge in [0.15, 0.2) is 0 Å². The Balaban J connectivity index is 1.42. The van der Waals surface area contributed by atoms with Crippen LogP contribution in [-0.2, 0) is 26.2 Å². The first-order valence-electron chi connectivity index (χ1n) is 10.2. The molecule has 0 radical (unpaired) electrons. The molecule has 0 N–H and O–H groups in total. The van der Waals surface area contributed by atoms with Gasteiger partial charge < -0.3 is 14.0 Å². The third kappa shape index (κ3) is 3.73. The van der Waals surface area contributed by atoms with E-state index in [-0.39, 0.29) is 11.6 Å². The van der Waals surface area contributed by atoms with Crippen molar-refractivity contribution in [3.63, 3.8) is 0 Å². The maximum absolute atomic E-state index is 9.40. The Labute approximate surface area is 172 Å². The fourth-order valence-corrected chi connectivity index (χ4v) is 3.95. The largest absolute Gasteiger partial charge is 0.498 e. The summed E-state index contributed by atoms with van der Waals surface area (Å²) in [5, 5.41) is 14.0. The van der Waals surface area contributed by atoms with Crippen molar-refractivity contribution in [3.8, 4) is 6.07 Å². The van der Waals surface area contributed by atoms with Crippen molar-refractivity contribution in [2.75, 3.05) is 0 Å². The molecule has 1 aromatic heterocycles. The van der Waals surface area contributed by atoms with Crippen LogP contribution >= 0.6 is 0 Å². The van der Waals surface area contributed by atoms with Crippen molar-refractivity contribution < 1.29 is 14.0 Å². The quantitative estimate of drug-likeness (QED) is 0.706. The molecule has 1 saturated carbocycles. The second kappa shape index (κ2) is 7.28. The van der Waals surface area contributed by atoms with Gasteiger partial charge in [0.2, 0.25) is 0 Å². The summed E-state index contributed by atoms with van der Waals surface area (Å²) >= 11 is 0. The second-order valence-electron chi connectivity index (χ2n) is 9.19. The third-order valence-electron chi connectivity index (χ3n) is 6.57. The summed E-state index contributed by atoms with van der Waals surface area (Å²) in [6, 6.07) is 12.5. The summed E-state index contributed by atoms with van der Waals surface area (Å²) in [5.74, 6) is 0. The Kier molecular flexibility index (Phi) is 5.06. The van der Waals surface area contributed by atoms with Gasteiger partial charge in [-0.1, -0.05) is 30.3 Å². The fourth-order valence-electron chi connectivity index (χ4n) is 3.95. The molecule has 152 valence electrons. The highest BCUT2D eigenvalue weighted by Crippen LogP contribution is 2.44. The number of hydrogen-bond acceptors (Lipinski definition) is 5. The Hall–Kier alpha value is -2.14. The van der Waals surface area contributed by atoms with Crippen LogP contribution in [0.4, 0.5) is 0 Å². The van der Waals surface area contributed by atoms with Gasteiger partial charge in [-0.25, -0.2) is 0 Å². The fraction of sp³-hybridized carbons (Fsp3) is 0.545. The van der Waals surface area contributed by atoms with Crippen molar-refractivity contribution in [2.45, 2.75) is 76.4 Å². The van der Waals surface area contributed by atoms with E-state index in [0.717, 1.165) is 23.9 Å². The van der Waals surface area contributed by atoms with Crippen LogP contribution in [-0.4, -0.2) is 34.2 Å². The lowest BCUT2D eigenvalue weighted by Gasteiger charge is -2.46. The maximum atomic E-state index is 9.40. The average Bonchev–Trinajstić information content (AvgIpc) is 3.21. The topological polar surface area (TPSA) is 69.3 Å². The van der Waals surface area contributed by atoms with E-state index < -0.39 is 18.3 Å². The van der Waals surface area contributed by atoms with Crippen molar-refractivity contribution in [1.82, 2.24) is 9.78 Å². The normalized spacial score (nSPS) is 27.4. The van der Waals surface area contributed by atoms with Crippen molar-refractivity contribution in [3.05, 3.63) is 48.3 Å². The van der Waals surface area contributed by atoms with E-state index >= 15 is 0 Å². The average molecular weight is 393 g/mol. The molecular weight excluding hydrogens is 365 g/mol. The highest BCUT2D eigenvalue weighted by atomic mass is 16.7. The number of nitriles is 1. The van der Waals surface area contributed by atoms with Crippen LogP contribution in [0.25, 0.3) is 0 Å². The Morgan fingerprint density at radius 3 is 2.45 bits per heavy atom. The molecule has 0 amide bonds. The van der Waals surface area contributed by atoms with Gasteiger partial charge in [0.1, 0.15) is 0 Å². The molecule has 6 nitrogen and oxygen atoms in total. The summed E-state index contributed by atoms with van der Waals surface area (Å²) in [7, 11) is -0.446. The SMILES string of the molecule is CC1(C)OB(c2cnn(C3(CC#N)CC(OCc4ccccc4)C3)c2)OC1(C)C. The molecule has 1 aromatic carbocycles. The summed E-state index contributed by atoms with van der Waals surface area (Å²) in [5.41, 5.74) is 0.938. The molecule has 29 heavy (non-hydrogen) atoms. The first kappa shape index (κ1) is 20.2. The predicted octanol–water partition coefficient (Wildman–Crippen LogP) is 3.17. The Morgan fingerprint density at radius 1 is 1.17 bits per heavy atom. The van der Waals surface area contributed by atoms with Gasteiger partial charge in [0, 0.05) is 30.7 Å². The maximum Gasteiger partial charge on any atom is 0.498 e. The molecule has 1 aliphatic carbocycles. The molecule has 2 fully saturated rings. The van der Waals surface area contributed by atoms with Gasteiger partial charge in [0.25, 0.3) is 0 Å². The zero-order chi connectivity index (χ0) is 20.7.